The molecule has 2 nitrogen and oxygen atoms in total. The molecule has 108 valence electrons. The minimum absolute atomic E-state index is 0.274. The predicted molar refractivity (Wildman–Crippen MR) is 79.8 cm³/mol. The average Bonchev–Trinajstić information content (AvgIpc) is 2.71. The third kappa shape index (κ3) is 3.72. The lowest BCUT2D eigenvalue weighted by Crippen LogP contribution is -2.45. The van der Waals surface area contributed by atoms with Gasteiger partial charge in [-0.3, -0.25) is 4.90 Å². The molecule has 2 aliphatic rings. The highest BCUT2D eigenvalue weighted by Crippen LogP contribution is 2.33. The standard InChI is InChI=1S/C17H30N2/c1-3-14-9-11-16(12-10-14)19(2)17-8-6-4-5-7-15(17)13-18/h14-17H,3-12H2,1-2H3. The largest absolute Gasteiger partial charge is 0.299 e. The van der Waals surface area contributed by atoms with E-state index in [0.717, 1.165) is 18.4 Å². The summed E-state index contributed by atoms with van der Waals surface area (Å²) in [5, 5.41) is 9.44. The van der Waals surface area contributed by atoms with Crippen LogP contribution in [0.25, 0.3) is 0 Å². The second kappa shape index (κ2) is 7.29. The van der Waals surface area contributed by atoms with Crippen LogP contribution in [0.3, 0.4) is 0 Å². The number of hydrogen-bond donors (Lipinski definition) is 0. The summed E-state index contributed by atoms with van der Waals surface area (Å²) in [6.07, 6.45) is 13.1. The van der Waals surface area contributed by atoms with Crippen LogP contribution in [-0.2, 0) is 0 Å². The fourth-order valence-corrected chi connectivity index (χ4v) is 4.16. The van der Waals surface area contributed by atoms with Crippen molar-refractivity contribution in [2.75, 3.05) is 7.05 Å². The quantitative estimate of drug-likeness (QED) is 0.707. The summed E-state index contributed by atoms with van der Waals surface area (Å²) in [7, 11) is 2.29. The zero-order valence-electron chi connectivity index (χ0n) is 12.8. The smallest absolute Gasteiger partial charge is 0.0672 e. The summed E-state index contributed by atoms with van der Waals surface area (Å²) in [6, 6.07) is 3.85. The van der Waals surface area contributed by atoms with Gasteiger partial charge in [0, 0.05) is 12.1 Å². The summed E-state index contributed by atoms with van der Waals surface area (Å²) in [5.41, 5.74) is 0. The van der Waals surface area contributed by atoms with Gasteiger partial charge in [-0.05, 0) is 51.5 Å². The first kappa shape index (κ1) is 14.9. The molecule has 2 aliphatic carbocycles. The van der Waals surface area contributed by atoms with Crippen molar-refractivity contribution in [1.82, 2.24) is 4.90 Å². The summed E-state index contributed by atoms with van der Waals surface area (Å²) >= 11 is 0. The third-order valence-electron chi connectivity index (χ3n) is 5.64. The van der Waals surface area contributed by atoms with Gasteiger partial charge in [0.15, 0.2) is 0 Å². The molecule has 2 unspecified atom stereocenters. The van der Waals surface area contributed by atoms with Crippen molar-refractivity contribution in [2.45, 2.75) is 83.2 Å². The zero-order valence-corrected chi connectivity index (χ0v) is 12.8. The van der Waals surface area contributed by atoms with Gasteiger partial charge >= 0.3 is 0 Å². The molecule has 0 aromatic carbocycles. The van der Waals surface area contributed by atoms with Gasteiger partial charge in [0.1, 0.15) is 0 Å². The lowest BCUT2D eigenvalue weighted by Gasteiger charge is -2.40. The Kier molecular flexibility index (Phi) is 5.70. The molecule has 2 heteroatoms. The van der Waals surface area contributed by atoms with E-state index < -0.39 is 0 Å². The lowest BCUT2D eigenvalue weighted by atomic mass is 9.82. The van der Waals surface area contributed by atoms with Crippen LogP contribution in [0.2, 0.25) is 0 Å². The molecule has 0 aliphatic heterocycles. The van der Waals surface area contributed by atoms with Crippen LogP contribution in [0.1, 0.15) is 71.1 Å². The van der Waals surface area contributed by atoms with Crippen LogP contribution in [0.5, 0.6) is 0 Å². The van der Waals surface area contributed by atoms with Gasteiger partial charge in [-0.25, -0.2) is 0 Å². The maximum atomic E-state index is 9.44. The molecule has 19 heavy (non-hydrogen) atoms. The van der Waals surface area contributed by atoms with Crippen LogP contribution in [0, 0.1) is 23.2 Å². The molecular formula is C17H30N2. The summed E-state index contributed by atoms with van der Waals surface area (Å²) < 4.78 is 0. The fraction of sp³-hybridized carbons (Fsp3) is 0.941. The van der Waals surface area contributed by atoms with E-state index >= 15 is 0 Å². The van der Waals surface area contributed by atoms with Crippen LogP contribution >= 0.6 is 0 Å². The first-order valence-electron chi connectivity index (χ1n) is 8.37. The number of hydrogen-bond acceptors (Lipinski definition) is 2. The molecule has 0 saturated heterocycles. The SMILES string of the molecule is CCC1CCC(N(C)C2CCCCCC2C#N)CC1. The van der Waals surface area contributed by atoms with E-state index in [0.29, 0.717) is 6.04 Å². The second-order valence-electron chi connectivity index (χ2n) is 6.69. The Balaban J connectivity index is 1.93. The third-order valence-corrected chi connectivity index (χ3v) is 5.64. The average molecular weight is 262 g/mol. The minimum Gasteiger partial charge on any atom is -0.299 e. The van der Waals surface area contributed by atoms with Crippen LogP contribution in [-0.4, -0.2) is 24.0 Å². The van der Waals surface area contributed by atoms with Crippen molar-refractivity contribution in [3.63, 3.8) is 0 Å². The molecule has 2 rings (SSSR count). The molecule has 0 aromatic heterocycles. The second-order valence-corrected chi connectivity index (χ2v) is 6.69. The number of rotatable bonds is 3. The Labute approximate surface area is 119 Å². The van der Waals surface area contributed by atoms with Crippen LogP contribution in [0.15, 0.2) is 0 Å². The van der Waals surface area contributed by atoms with Gasteiger partial charge in [0.2, 0.25) is 0 Å². The number of nitriles is 1. The van der Waals surface area contributed by atoms with Crippen molar-refractivity contribution in [3.05, 3.63) is 0 Å². The first-order valence-corrected chi connectivity index (χ1v) is 8.37. The summed E-state index contributed by atoms with van der Waals surface area (Å²) in [5.74, 6) is 1.24. The molecule has 2 atom stereocenters. The van der Waals surface area contributed by atoms with Gasteiger partial charge in [0.05, 0.1) is 12.0 Å². The monoisotopic (exact) mass is 262 g/mol. The highest BCUT2D eigenvalue weighted by molar-refractivity contribution is 4.96. The summed E-state index contributed by atoms with van der Waals surface area (Å²) in [4.78, 5) is 2.59. The van der Waals surface area contributed by atoms with Crippen molar-refractivity contribution in [3.8, 4) is 6.07 Å². The topological polar surface area (TPSA) is 27.0 Å². The molecule has 0 amide bonds. The molecule has 0 spiro atoms. The van der Waals surface area contributed by atoms with E-state index in [2.05, 4.69) is 24.9 Å². The van der Waals surface area contributed by atoms with E-state index in [1.165, 1.54) is 57.8 Å². The Bertz CT molecular complexity index is 299. The highest BCUT2D eigenvalue weighted by Gasteiger charge is 2.32. The molecule has 0 radical (unpaired) electrons. The fourth-order valence-electron chi connectivity index (χ4n) is 4.16. The van der Waals surface area contributed by atoms with Gasteiger partial charge in [-0.1, -0.05) is 32.6 Å². The zero-order chi connectivity index (χ0) is 13.7. The minimum atomic E-state index is 0.274. The molecular weight excluding hydrogens is 232 g/mol. The normalized spacial score (nSPS) is 36.7. The summed E-state index contributed by atoms with van der Waals surface area (Å²) in [6.45, 7) is 2.33. The van der Waals surface area contributed by atoms with Crippen LogP contribution < -0.4 is 0 Å². The molecule has 0 heterocycles. The Morgan fingerprint density at radius 3 is 2.32 bits per heavy atom. The van der Waals surface area contributed by atoms with Crippen LogP contribution in [0.4, 0.5) is 0 Å². The van der Waals surface area contributed by atoms with E-state index in [1.807, 2.05) is 0 Å². The molecule has 0 N–H and O–H groups in total. The van der Waals surface area contributed by atoms with E-state index in [-0.39, 0.29) is 5.92 Å². The van der Waals surface area contributed by atoms with Crippen molar-refractivity contribution in [1.29, 1.82) is 5.26 Å². The molecule has 2 fully saturated rings. The van der Waals surface area contributed by atoms with E-state index in [4.69, 9.17) is 0 Å². The Hall–Kier alpha value is -0.550. The van der Waals surface area contributed by atoms with Gasteiger partial charge in [-0.2, -0.15) is 5.26 Å². The maximum absolute atomic E-state index is 9.44. The van der Waals surface area contributed by atoms with Crippen molar-refractivity contribution < 1.29 is 0 Å². The maximum Gasteiger partial charge on any atom is 0.0672 e. The van der Waals surface area contributed by atoms with Crippen molar-refractivity contribution in [2.24, 2.45) is 11.8 Å². The first-order chi connectivity index (χ1) is 9.26. The lowest BCUT2D eigenvalue weighted by molar-refractivity contribution is 0.0942. The predicted octanol–water partition coefficient (Wildman–Crippen LogP) is 4.36. The van der Waals surface area contributed by atoms with E-state index in [1.54, 1.807) is 0 Å². The van der Waals surface area contributed by atoms with Crippen molar-refractivity contribution >= 4 is 0 Å². The molecule has 2 saturated carbocycles. The van der Waals surface area contributed by atoms with E-state index in [9.17, 15) is 5.26 Å². The Morgan fingerprint density at radius 1 is 1.00 bits per heavy atom. The van der Waals surface area contributed by atoms with Gasteiger partial charge in [0.25, 0.3) is 0 Å². The van der Waals surface area contributed by atoms with Gasteiger partial charge in [-0.15, -0.1) is 0 Å². The number of nitrogens with zero attached hydrogens (tertiary/aromatic N) is 2. The Morgan fingerprint density at radius 2 is 1.68 bits per heavy atom. The molecule has 0 aromatic rings. The highest BCUT2D eigenvalue weighted by atomic mass is 15.2. The molecule has 0 bridgehead atoms. The van der Waals surface area contributed by atoms with Gasteiger partial charge < -0.3 is 0 Å².